The number of aromatic nitrogens is 2. The SMILES string of the molecule is CC(C)(C)c1ccc(-c2ccc(-c3ccccc3)c(-c3nncs3)c2)cc1. The third-order valence-electron chi connectivity index (χ3n) is 4.78. The molecule has 0 aliphatic heterocycles. The summed E-state index contributed by atoms with van der Waals surface area (Å²) in [7, 11) is 0. The van der Waals surface area contributed by atoms with Gasteiger partial charge in [-0.15, -0.1) is 10.2 Å². The molecule has 0 bridgehead atoms. The summed E-state index contributed by atoms with van der Waals surface area (Å²) in [5, 5.41) is 9.31. The van der Waals surface area contributed by atoms with Gasteiger partial charge in [0.2, 0.25) is 0 Å². The van der Waals surface area contributed by atoms with Crippen molar-refractivity contribution in [3.05, 3.63) is 83.9 Å². The number of hydrogen-bond donors (Lipinski definition) is 0. The van der Waals surface area contributed by atoms with Crippen molar-refractivity contribution in [2.24, 2.45) is 0 Å². The number of benzene rings is 3. The van der Waals surface area contributed by atoms with Gasteiger partial charge in [-0.3, -0.25) is 0 Å². The van der Waals surface area contributed by atoms with Crippen LogP contribution in [0.3, 0.4) is 0 Å². The Labute approximate surface area is 164 Å². The molecule has 0 radical (unpaired) electrons. The van der Waals surface area contributed by atoms with Crippen LogP contribution in [0.2, 0.25) is 0 Å². The van der Waals surface area contributed by atoms with Gasteiger partial charge in [-0.1, -0.05) is 98.8 Å². The Morgan fingerprint density at radius 3 is 2.04 bits per heavy atom. The molecule has 0 atom stereocenters. The fourth-order valence-electron chi connectivity index (χ4n) is 3.22. The van der Waals surface area contributed by atoms with Crippen LogP contribution >= 0.6 is 11.3 Å². The van der Waals surface area contributed by atoms with E-state index < -0.39 is 0 Å². The second-order valence-corrected chi connectivity index (χ2v) is 8.53. The number of rotatable bonds is 3. The average molecular weight is 371 g/mol. The van der Waals surface area contributed by atoms with E-state index in [0.29, 0.717) is 0 Å². The van der Waals surface area contributed by atoms with E-state index in [9.17, 15) is 0 Å². The van der Waals surface area contributed by atoms with E-state index >= 15 is 0 Å². The summed E-state index contributed by atoms with van der Waals surface area (Å²) >= 11 is 1.57. The van der Waals surface area contributed by atoms with Crippen LogP contribution in [0.4, 0.5) is 0 Å². The van der Waals surface area contributed by atoms with Crippen LogP contribution in [0.25, 0.3) is 32.8 Å². The van der Waals surface area contributed by atoms with Gasteiger partial charge in [0.15, 0.2) is 0 Å². The summed E-state index contributed by atoms with van der Waals surface area (Å²) < 4.78 is 0. The molecule has 27 heavy (non-hydrogen) atoms. The van der Waals surface area contributed by atoms with Crippen molar-refractivity contribution < 1.29 is 0 Å². The number of hydrogen-bond acceptors (Lipinski definition) is 3. The van der Waals surface area contributed by atoms with Crippen LogP contribution in [0.1, 0.15) is 26.3 Å². The highest BCUT2D eigenvalue weighted by Gasteiger charge is 2.15. The molecule has 1 aromatic heterocycles. The summed E-state index contributed by atoms with van der Waals surface area (Å²) in [6.45, 7) is 6.72. The first-order valence-electron chi connectivity index (χ1n) is 9.09. The maximum atomic E-state index is 4.32. The fourth-order valence-corrected chi connectivity index (χ4v) is 3.81. The normalized spacial score (nSPS) is 11.5. The van der Waals surface area contributed by atoms with Crippen molar-refractivity contribution in [3.63, 3.8) is 0 Å². The Hall–Kier alpha value is -2.78. The molecule has 0 saturated heterocycles. The van der Waals surface area contributed by atoms with Crippen molar-refractivity contribution >= 4 is 11.3 Å². The molecule has 0 saturated carbocycles. The molecule has 0 amide bonds. The molecule has 0 N–H and O–H groups in total. The second kappa shape index (κ2) is 7.09. The highest BCUT2D eigenvalue weighted by atomic mass is 32.1. The summed E-state index contributed by atoms with van der Waals surface area (Å²) in [6.07, 6.45) is 0. The first-order valence-corrected chi connectivity index (χ1v) is 9.97. The number of nitrogens with zero attached hydrogens (tertiary/aromatic N) is 2. The summed E-state index contributed by atoms with van der Waals surface area (Å²) in [6, 6.07) is 25.9. The van der Waals surface area contributed by atoms with Crippen molar-refractivity contribution in [1.29, 1.82) is 0 Å². The van der Waals surface area contributed by atoms with E-state index in [-0.39, 0.29) is 5.41 Å². The zero-order valence-electron chi connectivity index (χ0n) is 15.8. The molecule has 0 fully saturated rings. The largest absolute Gasteiger partial charge is 0.148 e. The van der Waals surface area contributed by atoms with Gasteiger partial charge < -0.3 is 0 Å². The van der Waals surface area contributed by atoms with E-state index in [1.54, 1.807) is 16.8 Å². The Balaban J connectivity index is 1.81. The van der Waals surface area contributed by atoms with Crippen molar-refractivity contribution in [1.82, 2.24) is 10.2 Å². The fraction of sp³-hybridized carbons (Fsp3) is 0.167. The molecule has 2 nitrogen and oxygen atoms in total. The van der Waals surface area contributed by atoms with Crippen LogP contribution in [0.5, 0.6) is 0 Å². The molecule has 4 aromatic rings. The van der Waals surface area contributed by atoms with Crippen molar-refractivity contribution in [2.75, 3.05) is 0 Å². The van der Waals surface area contributed by atoms with Gasteiger partial charge in [-0.25, -0.2) is 0 Å². The Morgan fingerprint density at radius 2 is 1.41 bits per heavy atom. The molecule has 3 heteroatoms. The van der Waals surface area contributed by atoms with Gasteiger partial charge in [0.05, 0.1) is 0 Å². The Kier molecular flexibility index (Phi) is 4.63. The lowest BCUT2D eigenvalue weighted by molar-refractivity contribution is 0.590. The summed E-state index contributed by atoms with van der Waals surface area (Å²) in [5.41, 5.74) is 9.20. The lowest BCUT2D eigenvalue weighted by atomic mass is 9.86. The monoisotopic (exact) mass is 370 g/mol. The Bertz CT molecular complexity index is 1030. The van der Waals surface area contributed by atoms with Crippen LogP contribution in [0.15, 0.2) is 78.3 Å². The molecular weight excluding hydrogens is 348 g/mol. The predicted molar refractivity (Wildman–Crippen MR) is 115 cm³/mol. The molecule has 3 aromatic carbocycles. The highest BCUT2D eigenvalue weighted by Crippen LogP contribution is 2.36. The zero-order chi connectivity index (χ0) is 18.9. The quantitative estimate of drug-likeness (QED) is 0.395. The van der Waals surface area contributed by atoms with Crippen LogP contribution < -0.4 is 0 Å². The minimum absolute atomic E-state index is 0.160. The topological polar surface area (TPSA) is 25.8 Å². The van der Waals surface area contributed by atoms with Gasteiger partial charge in [0, 0.05) is 5.56 Å². The standard InChI is InChI=1S/C24H22N2S/c1-24(2,3)20-12-9-17(10-13-20)19-11-14-21(18-7-5-4-6-8-18)22(15-19)23-26-25-16-27-23/h4-16H,1-3H3. The molecule has 1 heterocycles. The smallest absolute Gasteiger partial charge is 0.147 e. The Morgan fingerprint density at radius 1 is 0.704 bits per heavy atom. The highest BCUT2D eigenvalue weighted by molar-refractivity contribution is 7.12. The van der Waals surface area contributed by atoms with Gasteiger partial charge in [-0.05, 0) is 39.3 Å². The van der Waals surface area contributed by atoms with E-state index in [4.69, 9.17) is 0 Å². The average Bonchev–Trinajstić information content (AvgIpc) is 3.22. The van der Waals surface area contributed by atoms with E-state index in [2.05, 4.69) is 97.7 Å². The minimum Gasteiger partial charge on any atom is -0.147 e. The zero-order valence-corrected chi connectivity index (χ0v) is 16.6. The van der Waals surface area contributed by atoms with Crippen LogP contribution in [-0.2, 0) is 5.41 Å². The predicted octanol–water partition coefficient (Wildman–Crippen LogP) is 6.84. The van der Waals surface area contributed by atoms with Gasteiger partial charge in [-0.2, -0.15) is 0 Å². The molecule has 134 valence electrons. The van der Waals surface area contributed by atoms with Gasteiger partial charge >= 0.3 is 0 Å². The molecule has 0 spiro atoms. The molecule has 0 unspecified atom stereocenters. The third-order valence-corrected chi connectivity index (χ3v) is 5.50. The maximum absolute atomic E-state index is 4.32. The minimum atomic E-state index is 0.160. The third kappa shape index (κ3) is 3.69. The molecular formula is C24H22N2S. The van der Waals surface area contributed by atoms with E-state index in [1.165, 1.54) is 27.8 Å². The van der Waals surface area contributed by atoms with Gasteiger partial charge in [0.1, 0.15) is 10.5 Å². The molecule has 0 aliphatic carbocycles. The second-order valence-electron chi connectivity index (χ2n) is 7.70. The van der Waals surface area contributed by atoms with E-state index in [0.717, 1.165) is 10.6 Å². The molecule has 0 aliphatic rings. The maximum Gasteiger partial charge on any atom is 0.148 e. The van der Waals surface area contributed by atoms with E-state index in [1.807, 2.05) is 6.07 Å². The van der Waals surface area contributed by atoms with Crippen LogP contribution in [0, 0.1) is 0 Å². The first kappa shape index (κ1) is 17.6. The first-order chi connectivity index (χ1) is 13.0. The lowest BCUT2D eigenvalue weighted by Crippen LogP contribution is -2.10. The van der Waals surface area contributed by atoms with Crippen LogP contribution in [-0.4, -0.2) is 10.2 Å². The summed E-state index contributed by atoms with van der Waals surface area (Å²) in [4.78, 5) is 0. The van der Waals surface area contributed by atoms with Gasteiger partial charge in [0.25, 0.3) is 0 Å². The van der Waals surface area contributed by atoms with Crippen molar-refractivity contribution in [3.8, 4) is 32.8 Å². The lowest BCUT2D eigenvalue weighted by Gasteiger charge is -2.19. The summed E-state index contributed by atoms with van der Waals surface area (Å²) in [5.74, 6) is 0. The molecule has 4 rings (SSSR count). The van der Waals surface area contributed by atoms with Crippen molar-refractivity contribution in [2.45, 2.75) is 26.2 Å².